The fraction of sp³-hybridized carbons (Fsp3) is 0.278. The van der Waals surface area contributed by atoms with Gasteiger partial charge in [0, 0.05) is 5.92 Å². The molecule has 0 aliphatic rings. The Morgan fingerprint density at radius 1 is 1.09 bits per heavy atom. The lowest BCUT2D eigenvalue weighted by molar-refractivity contribution is -0.137. The minimum atomic E-state index is -0.902. The van der Waals surface area contributed by atoms with Gasteiger partial charge in [-0.05, 0) is 55.4 Å². The molecular weight excluding hydrogens is 300 g/mol. The first-order valence-corrected chi connectivity index (χ1v) is 7.37. The first kappa shape index (κ1) is 17.1. The molecule has 0 aromatic heterocycles. The van der Waals surface area contributed by atoms with E-state index in [4.69, 9.17) is 5.11 Å². The van der Waals surface area contributed by atoms with E-state index in [-0.39, 0.29) is 24.1 Å². The summed E-state index contributed by atoms with van der Waals surface area (Å²) < 4.78 is 27.1. The van der Waals surface area contributed by atoms with Crippen LogP contribution in [0.2, 0.25) is 0 Å². The highest BCUT2D eigenvalue weighted by molar-refractivity contribution is 5.69. The van der Waals surface area contributed by atoms with Gasteiger partial charge in [0.2, 0.25) is 0 Å². The van der Waals surface area contributed by atoms with Crippen molar-refractivity contribution in [3.63, 3.8) is 0 Å². The molecule has 0 unspecified atom stereocenters. The van der Waals surface area contributed by atoms with Gasteiger partial charge in [0.1, 0.15) is 11.6 Å². The molecule has 0 saturated carbocycles. The molecule has 0 aliphatic carbocycles. The minimum absolute atomic E-state index is 0.0704. The van der Waals surface area contributed by atoms with Crippen molar-refractivity contribution in [3.8, 4) is 0 Å². The highest BCUT2D eigenvalue weighted by Gasteiger charge is 2.17. The number of carboxylic acids is 1. The number of hydrogen-bond donors (Lipinski definition) is 1. The van der Waals surface area contributed by atoms with Crippen LogP contribution in [0.5, 0.6) is 0 Å². The molecule has 3 nitrogen and oxygen atoms in total. The zero-order valence-electron chi connectivity index (χ0n) is 12.9. The fourth-order valence-electron chi connectivity index (χ4n) is 2.63. The van der Waals surface area contributed by atoms with Crippen molar-refractivity contribution in [2.75, 3.05) is 20.1 Å². The normalized spacial score (nSPS) is 11.2. The van der Waals surface area contributed by atoms with Gasteiger partial charge in [-0.15, -0.1) is 0 Å². The van der Waals surface area contributed by atoms with Crippen molar-refractivity contribution in [2.24, 2.45) is 0 Å². The van der Waals surface area contributed by atoms with Crippen molar-refractivity contribution >= 4 is 5.97 Å². The molecule has 0 saturated heterocycles. The Labute approximate surface area is 134 Å². The molecule has 0 fully saturated rings. The van der Waals surface area contributed by atoms with Crippen molar-refractivity contribution in [3.05, 3.63) is 71.3 Å². The van der Waals surface area contributed by atoms with Gasteiger partial charge in [0.25, 0.3) is 0 Å². The lowest BCUT2D eigenvalue weighted by atomic mass is 9.88. The molecule has 0 bridgehead atoms. The Hall–Kier alpha value is -2.27. The van der Waals surface area contributed by atoms with E-state index >= 15 is 0 Å². The van der Waals surface area contributed by atoms with Crippen molar-refractivity contribution in [2.45, 2.75) is 12.3 Å². The van der Waals surface area contributed by atoms with Gasteiger partial charge in [-0.2, -0.15) is 0 Å². The van der Waals surface area contributed by atoms with Crippen LogP contribution in [0.1, 0.15) is 23.5 Å². The SMILES string of the molecule is CN(CCC(c1cccc(F)c1)c1cccc(F)c1)CC(=O)O. The summed E-state index contributed by atoms with van der Waals surface area (Å²) in [5.41, 5.74) is 1.50. The number of rotatable bonds is 7. The fourth-order valence-corrected chi connectivity index (χ4v) is 2.63. The number of halogens is 2. The van der Waals surface area contributed by atoms with Crippen LogP contribution in [0.4, 0.5) is 8.78 Å². The van der Waals surface area contributed by atoms with Crippen LogP contribution < -0.4 is 0 Å². The Kier molecular flexibility index (Phi) is 5.82. The third-order valence-electron chi connectivity index (χ3n) is 3.71. The Morgan fingerprint density at radius 3 is 2.04 bits per heavy atom. The molecule has 5 heteroatoms. The average Bonchev–Trinajstić information content (AvgIpc) is 2.47. The highest BCUT2D eigenvalue weighted by atomic mass is 19.1. The molecule has 2 rings (SSSR count). The number of carboxylic acid groups (broad SMARTS) is 1. The standard InChI is InChI=1S/C18H19F2NO2/c1-21(12-18(22)23)9-8-17(13-4-2-6-15(19)10-13)14-5-3-7-16(20)11-14/h2-7,10-11,17H,8-9,12H2,1H3,(H,22,23). The number of carbonyl (C=O) groups is 1. The molecular formula is C18H19F2NO2. The monoisotopic (exact) mass is 319 g/mol. The molecule has 23 heavy (non-hydrogen) atoms. The number of hydrogen-bond acceptors (Lipinski definition) is 2. The molecule has 122 valence electrons. The second-order valence-corrected chi connectivity index (χ2v) is 5.58. The molecule has 2 aromatic carbocycles. The van der Waals surface area contributed by atoms with Gasteiger partial charge in [-0.25, -0.2) is 8.78 Å². The van der Waals surface area contributed by atoms with E-state index in [1.54, 1.807) is 36.2 Å². The quantitative estimate of drug-likeness (QED) is 0.849. The van der Waals surface area contributed by atoms with E-state index in [2.05, 4.69) is 0 Å². The molecule has 0 heterocycles. The van der Waals surface area contributed by atoms with Gasteiger partial charge in [-0.1, -0.05) is 24.3 Å². The van der Waals surface area contributed by atoms with E-state index in [1.165, 1.54) is 24.3 Å². The van der Waals surface area contributed by atoms with Gasteiger partial charge >= 0.3 is 5.97 Å². The first-order valence-electron chi connectivity index (χ1n) is 7.37. The second-order valence-electron chi connectivity index (χ2n) is 5.58. The van der Waals surface area contributed by atoms with E-state index < -0.39 is 5.97 Å². The van der Waals surface area contributed by atoms with Gasteiger partial charge in [0.15, 0.2) is 0 Å². The number of nitrogens with zero attached hydrogens (tertiary/aromatic N) is 1. The number of aliphatic carboxylic acids is 1. The van der Waals surface area contributed by atoms with Gasteiger partial charge in [-0.3, -0.25) is 9.69 Å². The molecule has 0 aliphatic heterocycles. The van der Waals surface area contributed by atoms with Crippen LogP contribution >= 0.6 is 0 Å². The molecule has 0 amide bonds. The third kappa shape index (κ3) is 5.14. The summed E-state index contributed by atoms with van der Waals surface area (Å²) in [6.45, 7) is 0.434. The summed E-state index contributed by atoms with van der Waals surface area (Å²) in [7, 11) is 1.71. The Balaban J connectivity index is 2.23. The Morgan fingerprint density at radius 2 is 1.61 bits per heavy atom. The molecule has 1 N–H and O–H groups in total. The topological polar surface area (TPSA) is 40.5 Å². The van der Waals surface area contributed by atoms with E-state index in [0.717, 1.165) is 11.1 Å². The van der Waals surface area contributed by atoms with Crippen LogP contribution in [-0.4, -0.2) is 36.1 Å². The predicted molar refractivity (Wildman–Crippen MR) is 84.4 cm³/mol. The summed E-state index contributed by atoms with van der Waals surface area (Å²) in [5.74, 6) is -1.79. The molecule has 0 atom stereocenters. The number of benzene rings is 2. The third-order valence-corrected chi connectivity index (χ3v) is 3.71. The number of likely N-dealkylation sites (N-methyl/N-ethyl adjacent to an activating group) is 1. The van der Waals surface area contributed by atoms with Crippen molar-refractivity contribution in [1.82, 2.24) is 4.90 Å². The first-order chi connectivity index (χ1) is 11.0. The van der Waals surface area contributed by atoms with Gasteiger partial charge in [0.05, 0.1) is 6.54 Å². The summed E-state index contributed by atoms with van der Waals surface area (Å²) >= 11 is 0. The predicted octanol–water partition coefficient (Wildman–Crippen LogP) is 3.50. The zero-order valence-corrected chi connectivity index (χ0v) is 12.9. The lowest BCUT2D eigenvalue weighted by Gasteiger charge is -2.21. The second kappa shape index (κ2) is 7.83. The smallest absolute Gasteiger partial charge is 0.317 e. The van der Waals surface area contributed by atoms with Crippen molar-refractivity contribution in [1.29, 1.82) is 0 Å². The molecule has 0 spiro atoms. The van der Waals surface area contributed by atoms with Crippen LogP contribution in [0.3, 0.4) is 0 Å². The minimum Gasteiger partial charge on any atom is -0.480 e. The van der Waals surface area contributed by atoms with Crippen LogP contribution in [0.25, 0.3) is 0 Å². The van der Waals surface area contributed by atoms with Crippen LogP contribution in [-0.2, 0) is 4.79 Å². The summed E-state index contributed by atoms with van der Waals surface area (Å²) in [6.07, 6.45) is 0.566. The largest absolute Gasteiger partial charge is 0.480 e. The summed E-state index contributed by atoms with van der Waals surface area (Å²) in [6, 6.07) is 12.5. The maximum absolute atomic E-state index is 13.5. The maximum Gasteiger partial charge on any atom is 0.317 e. The molecule has 0 radical (unpaired) electrons. The van der Waals surface area contributed by atoms with E-state index in [1.807, 2.05) is 0 Å². The summed E-state index contributed by atoms with van der Waals surface area (Å²) in [5, 5.41) is 8.82. The molecule has 2 aromatic rings. The van der Waals surface area contributed by atoms with Crippen LogP contribution in [0.15, 0.2) is 48.5 Å². The zero-order chi connectivity index (χ0) is 16.8. The van der Waals surface area contributed by atoms with E-state index in [9.17, 15) is 13.6 Å². The average molecular weight is 319 g/mol. The maximum atomic E-state index is 13.5. The Bertz CT molecular complexity index is 630. The lowest BCUT2D eigenvalue weighted by Crippen LogP contribution is -2.27. The van der Waals surface area contributed by atoms with Gasteiger partial charge < -0.3 is 5.11 Å². The summed E-state index contributed by atoms with van der Waals surface area (Å²) in [4.78, 5) is 12.4. The van der Waals surface area contributed by atoms with Crippen molar-refractivity contribution < 1.29 is 18.7 Å². The van der Waals surface area contributed by atoms with Crippen LogP contribution in [0, 0.1) is 11.6 Å². The highest BCUT2D eigenvalue weighted by Crippen LogP contribution is 2.29. The van der Waals surface area contributed by atoms with E-state index in [0.29, 0.717) is 13.0 Å².